The van der Waals surface area contributed by atoms with Gasteiger partial charge in [0, 0.05) is 7.11 Å². The van der Waals surface area contributed by atoms with E-state index in [2.05, 4.69) is 42.9 Å². The second-order valence-electron chi connectivity index (χ2n) is 4.25. The molecule has 0 amide bonds. The normalized spacial score (nSPS) is 14.1. The predicted molar refractivity (Wildman–Crippen MR) is 66.4 cm³/mol. The Morgan fingerprint density at radius 2 is 2.27 bits per heavy atom. The molecule has 1 aromatic heterocycles. The summed E-state index contributed by atoms with van der Waals surface area (Å²) in [6, 6.07) is 2.44. The van der Waals surface area contributed by atoms with Crippen molar-refractivity contribution in [2.75, 3.05) is 13.7 Å². The third-order valence-corrected chi connectivity index (χ3v) is 3.40. The van der Waals surface area contributed by atoms with Crippen LogP contribution in [0.5, 0.6) is 0 Å². The standard InChI is InChI=1S/C12H21NOS/c1-5-7-13-11(12(2,3)14-4)10-6-8-15-9-10/h6,8-9,11,13H,5,7H2,1-4H3. The molecule has 0 aromatic carbocycles. The van der Waals surface area contributed by atoms with Crippen LogP contribution >= 0.6 is 11.3 Å². The van der Waals surface area contributed by atoms with Gasteiger partial charge in [-0.05, 0) is 49.2 Å². The minimum Gasteiger partial charge on any atom is -0.377 e. The molecule has 1 unspecified atom stereocenters. The summed E-state index contributed by atoms with van der Waals surface area (Å²) < 4.78 is 5.56. The van der Waals surface area contributed by atoms with E-state index in [1.165, 1.54) is 5.56 Å². The highest BCUT2D eigenvalue weighted by Crippen LogP contribution is 2.29. The van der Waals surface area contributed by atoms with Gasteiger partial charge < -0.3 is 10.1 Å². The summed E-state index contributed by atoms with van der Waals surface area (Å²) in [6.07, 6.45) is 1.14. The molecular weight excluding hydrogens is 206 g/mol. The van der Waals surface area contributed by atoms with Crippen LogP contribution in [0.1, 0.15) is 38.8 Å². The van der Waals surface area contributed by atoms with Crippen LogP contribution in [0, 0.1) is 0 Å². The fourth-order valence-electron chi connectivity index (χ4n) is 1.61. The van der Waals surface area contributed by atoms with Gasteiger partial charge >= 0.3 is 0 Å². The van der Waals surface area contributed by atoms with Gasteiger partial charge in [0.2, 0.25) is 0 Å². The molecule has 15 heavy (non-hydrogen) atoms. The molecule has 0 spiro atoms. The van der Waals surface area contributed by atoms with Gasteiger partial charge in [-0.2, -0.15) is 11.3 Å². The van der Waals surface area contributed by atoms with Crippen LogP contribution in [0.25, 0.3) is 0 Å². The summed E-state index contributed by atoms with van der Waals surface area (Å²) >= 11 is 1.73. The van der Waals surface area contributed by atoms with Gasteiger partial charge in [0.05, 0.1) is 11.6 Å². The molecule has 86 valence electrons. The van der Waals surface area contributed by atoms with Crippen molar-refractivity contribution >= 4 is 11.3 Å². The maximum Gasteiger partial charge on any atom is 0.0816 e. The number of hydrogen-bond acceptors (Lipinski definition) is 3. The third-order valence-electron chi connectivity index (χ3n) is 2.70. The molecule has 1 atom stereocenters. The number of methoxy groups -OCH3 is 1. The van der Waals surface area contributed by atoms with Gasteiger partial charge in [0.15, 0.2) is 0 Å². The first kappa shape index (κ1) is 12.7. The number of rotatable bonds is 6. The van der Waals surface area contributed by atoms with Crippen LogP contribution < -0.4 is 5.32 Å². The van der Waals surface area contributed by atoms with E-state index in [-0.39, 0.29) is 11.6 Å². The first-order chi connectivity index (χ1) is 7.11. The average molecular weight is 227 g/mol. The molecule has 0 fully saturated rings. The Morgan fingerprint density at radius 1 is 1.53 bits per heavy atom. The molecular formula is C12H21NOS. The maximum atomic E-state index is 5.56. The Hall–Kier alpha value is -0.380. The molecule has 0 aliphatic heterocycles. The van der Waals surface area contributed by atoms with Crippen molar-refractivity contribution in [3.05, 3.63) is 22.4 Å². The number of ether oxygens (including phenoxy) is 1. The molecule has 1 rings (SSSR count). The van der Waals surface area contributed by atoms with Gasteiger partial charge in [-0.15, -0.1) is 0 Å². The van der Waals surface area contributed by atoms with Crippen LogP contribution in [-0.2, 0) is 4.74 Å². The Bertz CT molecular complexity index is 269. The fraction of sp³-hybridized carbons (Fsp3) is 0.667. The molecule has 1 aromatic rings. The second-order valence-corrected chi connectivity index (χ2v) is 5.03. The van der Waals surface area contributed by atoms with Crippen molar-refractivity contribution in [1.82, 2.24) is 5.32 Å². The van der Waals surface area contributed by atoms with Crippen molar-refractivity contribution in [3.8, 4) is 0 Å². The van der Waals surface area contributed by atoms with Gasteiger partial charge in [-0.25, -0.2) is 0 Å². The summed E-state index contributed by atoms with van der Waals surface area (Å²) in [4.78, 5) is 0. The zero-order valence-electron chi connectivity index (χ0n) is 10.0. The lowest BCUT2D eigenvalue weighted by molar-refractivity contribution is -0.0109. The Balaban J connectivity index is 2.78. The maximum absolute atomic E-state index is 5.56. The Morgan fingerprint density at radius 3 is 2.73 bits per heavy atom. The van der Waals surface area contributed by atoms with E-state index in [1.807, 2.05) is 0 Å². The first-order valence-electron chi connectivity index (χ1n) is 5.42. The van der Waals surface area contributed by atoms with E-state index in [0.29, 0.717) is 0 Å². The molecule has 3 heteroatoms. The molecule has 0 saturated heterocycles. The number of hydrogen-bond donors (Lipinski definition) is 1. The minimum atomic E-state index is -0.170. The smallest absolute Gasteiger partial charge is 0.0816 e. The van der Waals surface area contributed by atoms with Crippen molar-refractivity contribution in [1.29, 1.82) is 0 Å². The molecule has 0 saturated carbocycles. The SMILES string of the molecule is CCCNC(c1ccsc1)C(C)(C)OC. The molecule has 0 aliphatic rings. The molecule has 2 nitrogen and oxygen atoms in total. The largest absolute Gasteiger partial charge is 0.377 e. The van der Waals surface area contributed by atoms with E-state index >= 15 is 0 Å². The summed E-state index contributed by atoms with van der Waals surface area (Å²) in [7, 11) is 1.77. The van der Waals surface area contributed by atoms with Crippen molar-refractivity contribution < 1.29 is 4.74 Å². The average Bonchev–Trinajstić information content (AvgIpc) is 2.71. The molecule has 1 N–H and O–H groups in total. The quantitative estimate of drug-likeness (QED) is 0.805. The Labute approximate surface area is 96.7 Å². The second kappa shape index (κ2) is 5.64. The van der Waals surface area contributed by atoms with E-state index < -0.39 is 0 Å². The van der Waals surface area contributed by atoms with Gasteiger partial charge in [-0.3, -0.25) is 0 Å². The zero-order valence-corrected chi connectivity index (χ0v) is 10.9. The van der Waals surface area contributed by atoms with Crippen LogP contribution in [-0.4, -0.2) is 19.3 Å². The minimum absolute atomic E-state index is 0.170. The summed E-state index contributed by atoms with van der Waals surface area (Å²) in [5, 5.41) is 7.85. The predicted octanol–water partition coefficient (Wildman–Crippen LogP) is 3.21. The van der Waals surface area contributed by atoms with E-state index in [4.69, 9.17) is 4.74 Å². The number of thiophene rings is 1. The van der Waals surface area contributed by atoms with E-state index in [9.17, 15) is 0 Å². The molecule has 0 aliphatic carbocycles. The monoisotopic (exact) mass is 227 g/mol. The van der Waals surface area contributed by atoms with Crippen LogP contribution in [0.15, 0.2) is 16.8 Å². The van der Waals surface area contributed by atoms with Crippen LogP contribution in [0.4, 0.5) is 0 Å². The summed E-state index contributed by atoms with van der Waals surface area (Å²) in [5.74, 6) is 0. The number of nitrogens with one attached hydrogen (secondary N) is 1. The van der Waals surface area contributed by atoms with Gasteiger partial charge in [0.1, 0.15) is 0 Å². The molecule has 0 radical (unpaired) electrons. The first-order valence-corrected chi connectivity index (χ1v) is 6.36. The Kier molecular flexibility index (Phi) is 4.77. The summed E-state index contributed by atoms with van der Waals surface area (Å²) in [5.41, 5.74) is 1.15. The van der Waals surface area contributed by atoms with Crippen molar-refractivity contribution in [3.63, 3.8) is 0 Å². The highest BCUT2D eigenvalue weighted by molar-refractivity contribution is 7.07. The van der Waals surface area contributed by atoms with Crippen LogP contribution in [0.2, 0.25) is 0 Å². The third kappa shape index (κ3) is 3.30. The topological polar surface area (TPSA) is 21.3 Å². The van der Waals surface area contributed by atoms with Crippen molar-refractivity contribution in [2.24, 2.45) is 0 Å². The van der Waals surface area contributed by atoms with Gasteiger partial charge in [0.25, 0.3) is 0 Å². The van der Waals surface area contributed by atoms with E-state index in [1.54, 1.807) is 18.4 Å². The highest BCUT2D eigenvalue weighted by Gasteiger charge is 2.30. The van der Waals surface area contributed by atoms with E-state index in [0.717, 1.165) is 13.0 Å². The zero-order chi connectivity index (χ0) is 11.3. The molecule has 0 bridgehead atoms. The molecule has 1 heterocycles. The summed E-state index contributed by atoms with van der Waals surface area (Å²) in [6.45, 7) is 7.45. The van der Waals surface area contributed by atoms with Crippen molar-refractivity contribution in [2.45, 2.75) is 38.8 Å². The highest BCUT2D eigenvalue weighted by atomic mass is 32.1. The lowest BCUT2D eigenvalue weighted by atomic mass is 9.93. The van der Waals surface area contributed by atoms with Gasteiger partial charge in [-0.1, -0.05) is 6.92 Å². The lowest BCUT2D eigenvalue weighted by Gasteiger charge is -2.33. The lowest BCUT2D eigenvalue weighted by Crippen LogP contribution is -2.40. The van der Waals surface area contributed by atoms with Crippen LogP contribution in [0.3, 0.4) is 0 Å². The fourth-order valence-corrected chi connectivity index (χ4v) is 2.30.